The maximum atomic E-state index is 13.0. The molecule has 2 nitrogen and oxygen atoms in total. The molecule has 0 atom stereocenters. The minimum atomic E-state index is -0.327. The van der Waals surface area contributed by atoms with Gasteiger partial charge in [-0.1, -0.05) is 30.3 Å². The standard InChI is InChI=1S/C16H13FO2/c1-19-16-8-3-2-7-14(16)15(18)10-9-12-5-4-6-13(17)11-12/h2-11H,1H3/b10-9+. The van der Waals surface area contributed by atoms with Gasteiger partial charge in [-0.15, -0.1) is 0 Å². The lowest BCUT2D eigenvalue weighted by Crippen LogP contribution is -1.98. The molecule has 0 spiro atoms. The van der Waals surface area contributed by atoms with Crippen LogP contribution < -0.4 is 4.74 Å². The minimum Gasteiger partial charge on any atom is -0.496 e. The number of allylic oxidation sites excluding steroid dienone is 1. The van der Waals surface area contributed by atoms with Crippen LogP contribution in [0.25, 0.3) is 6.08 Å². The summed E-state index contributed by atoms with van der Waals surface area (Å²) in [7, 11) is 1.52. The van der Waals surface area contributed by atoms with Gasteiger partial charge in [-0.25, -0.2) is 4.39 Å². The fourth-order valence-electron chi connectivity index (χ4n) is 1.72. The van der Waals surface area contributed by atoms with Gasteiger partial charge in [-0.2, -0.15) is 0 Å². The van der Waals surface area contributed by atoms with Crippen LogP contribution >= 0.6 is 0 Å². The van der Waals surface area contributed by atoms with Crippen LogP contribution in [-0.4, -0.2) is 12.9 Å². The number of hydrogen-bond acceptors (Lipinski definition) is 2. The van der Waals surface area contributed by atoms with E-state index in [1.807, 2.05) is 0 Å². The smallest absolute Gasteiger partial charge is 0.189 e. The van der Waals surface area contributed by atoms with Gasteiger partial charge in [-0.05, 0) is 35.9 Å². The van der Waals surface area contributed by atoms with Crippen molar-refractivity contribution in [1.82, 2.24) is 0 Å². The molecule has 0 aliphatic heterocycles. The highest BCUT2D eigenvalue weighted by Crippen LogP contribution is 2.18. The number of halogens is 1. The molecule has 96 valence electrons. The Labute approximate surface area is 111 Å². The number of carbonyl (C=O) groups is 1. The van der Waals surface area contributed by atoms with Crippen LogP contribution in [0, 0.1) is 5.82 Å². The van der Waals surface area contributed by atoms with E-state index in [4.69, 9.17) is 4.74 Å². The van der Waals surface area contributed by atoms with Crippen LogP contribution in [0.2, 0.25) is 0 Å². The molecule has 0 saturated carbocycles. The fourth-order valence-corrected chi connectivity index (χ4v) is 1.72. The quantitative estimate of drug-likeness (QED) is 0.615. The number of para-hydroxylation sites is 1. The Balaban J connectivity index is 2.21. The van der Waals surface area contributed by atoms with Gasteiger partial charge in [0.2, 0.25) is 0 Å². The zero-order valence-electron chi connectivity index (χ0n) is 10.5. The second-order valence-electron chi connectivity index (χ2n) is 3.95. The van der Waals surface area contributed by atoms with E-state index in [0.717, 1.165) is 0 Å². The first-order valence-corrected chi connectivity index (χ1v) is 5.81. The van der Waals surface area contributed by atoms with E-state index in [9.17, 15) is 9.18 Å². The number of carbonyl (C=O) groups excluding carboxylic acids is 1. The maximum absolute atomic E-state index is 13.0. The molecule has 0 aliphatic carbocycles. The van der Waals surface area contributed by atoms with E-state index in [0.29, 0.717) is 16.9 Å². The topological polar surface area (TPSA) is 26.3 Å². The van der Waals surface area contributed by atoms with Gasteiger partial charge in [0.15, 0.2) is 5.78 Å². The monoisotopic (exact) mass is 256 g/mol. The summed E-state index contributed by atoms with van der Waals surface area (Å²) in [6, 6.07) is 13.0. The molecule has 0 unspecified atom stereocenters. The van der Waals surface area contributed by atoms with E-state index in [-0.39, 0.29) is 11.6 Å². The predicted molar refractivity (Wildman–Crippen MR) is 72.8 cm³/mol. The molecule has 0 amide bonds. The molecule has 2 rings (SSSR count). The molecule has 0 aliphatic rings. The zero-order valence-corrected chi connectivity index (χ0v) is 10.5. The van der Waals surface area contributed by atoms with Crippen molar-refractivity contribution in [3.63, 3.8) is 0 Å². The van der Waals surface area contributed by atoms with Gasteiger partial charge in [-0.3, -0.25) is 4.79 Å². The van der Waals surface area contributed by atoms with E-state index in [1.165, 1.54) is 25.3 Å². The normalized spacial score (nSPS) is 10.6. The summed E-state index contributed by atoms with van der Waals surface area (Å²) < 4.78 is 18.1. The Bertz CT molecular complexity index is 618. The van der Waals surface area contributed by atoms with E-state index < -0.39 is 0 Å². The highest BCUT2D eigenvalue weighted by atomic mass is 19.1. The lowest BCUT2D eigenvalue weighted by atomic mass is 10.1. The Morgan fingerprint density at radius 2 is 1.95 bits per heavy atom. The van der Waals surface area contributed by atoms with Crippen molar-refractivity contribution in [3.05, 3.63) is 71.6 Å². The van der Waals surface area contributed by atoms with Crippen molar-refractivity contribution < 1.29 is 13.9 Å². The van der Waals surface area contributed by atoms with E-state index in [1.54, 1.807) is 42.5 Å². The molecule has 0 heterocycles. The highest BCUT2D eigenvalue weighted by Gasteiger charge is 2.07. The van der Waals surface area contributed by atoms with Gasteiger partial charge in [0.05, 0.1) is 12.7 Å². The summed E-state index contributed by atoms with van der Waals surface area (Å²) in [5, 5.41) is 0. The number of methoxy groups -OCH3 is 1. The Morgan fingerprint density at radius 3 is 2.68 bits per heavy atom. The summed E-state index contributed by atoms with van der Waals surface area (Å²) in [6.07, 6.45) is 2.99. The second kappa shape index (κ2) is 5.96. The van der Waals surface area contributed by atoms with Crippen molar-refractivity contribution in [2.45, 2.75) is 0 Å². The van der Waals surface area contributed by atoms with Crippen molar-refractivity contribution in [2.24, 2.45) is 0 Å². The number of hydrogen-bond donors (Lipinski definition) is 0. The lowest BCUT2D eigenvalue weighted by molar-refractivity contribution is 0.104. The van der Waals surface area contributed by atoms with Crippen molar-refractivity contribution in [1.29, 1.82) is 0 Å². The summed E-state index contributed by atoms with van der Waals surface area (Å²) in [4.78, 5) is 12.0. The van der Waals surface area contributed by atoms with Gasteiger partial charge >= 0.3 is 0 Å². The van der Waals surface area contributed by atoms with Crippen LogP contribution in [0.4, 0.5) is 4.39 Å². The fraction of sp³-hybridized carbons (Fsp3) is 0.0625. The van der Waals surface area contributed by atoms with E-state index in [2.05, 4.69) is 0 Å². The largest absolute Gasteiger partial charge is 0.496 e. The van der Waals surface area contributed by atoms with Gasteiger partial charge in [0.25, 0.3) is 0 Å². The van der Waals surface area contributed by atoms with E-state index >= 15 is 0 Å². The maximum Gasteiger partial charge on any atom is 0.189 e. The first-order valence-electron chi connectivity index (χ1n) is 5.81. The molecule has 0 aromatic heterocycles. The summed E-state index contributed by atoms with van der Waals surface area (Å²) in [6.45, 7) is 0. The zero-order chi connectivity index (χ0) is 13.7. The number of rotatable bonds is 4. The number of ketones is 1. The van der Waals surface area contributed by atoms with Crippen molar-refractivity contribution in [3.8, 4) is 5.75 Å². The van der Waals surface area contributed by atoms with Crippen LogP contribution in [0.3, 0.4) is 0 Å². The molecular weight excluding hydrogens is 243 g/mol. The molecular formula is C16H13FO2. The summed E-state index contributed by atoms with van der Waals surface area (Å²) in [5.41, 5.74) is 1.13. The second-order valence-corrected chi connectivity index (χ2v) is 3.95. The minimum absolute atomic E-state index is 0.179. The first kappa shape index (κ1) is 13.0. The summed E-state index contributed by atoms with van der Waals surface area (Å²) >= 11 is 0. The Morgan fingerprint density at radius 1 is 1.16 bits per heavy atom. The molecule has 19 heavy (non-hydrogen) atoms. The number of benzene rings is 2. The highest BCUT2D eigenvalue weighted by molar-refractivity contribution is 6.08. The molecule has 0 N–H and O–H groups in total. The summed E-state index contributed by atoms with van der Waals surface area (Å²) in [5.74, 6) is 0.0185. The van der Waals surface area contributed by atoms with Gasteiger partial charge in [0.1, 0.15) is 11.6 Å². The Hall–Kier alpha value is -2.42. The Kier molecular flexibility index (Phi) is 4.08. The molecule has 0 bridgehead atoms. The SMILES string of the molecule is COc1ccccc1C(=O)/C=C/c1cccc(F)c1. The van der Waals surface area contributed by atoms with Crippen molar-refractivity contribution in [2.75, 3.05) is 7.11 Å². The predicted octanol–water partition coefficient (Wildman–Crippen LogP) is 3.73. The third-order valence-electron chi connectivity index (χ3n) is 2.65. The molecule has 2 aromatic carbocycles. The average molecular weight is 256 g/mol. The van der Waals surface area contributed by atoms with Gasteiger partial charge < -0.3 is 4.74 Å². The van der Waals surface area contributed by atoms with Crippen LogP contribution in [0.15, 0.2) is 54.6 Å². The molecule has 0 saturated heterocycles. The van der Waals surface area contributed by atoms with Gasteiger partial charge in [0, 0.05) is 0 Å². The van der Waals surface area contributed by atoms with Crippen LogP contribution in [0.1, 0.15) is 15.9 Å². The van der Waals surface area contributed by atoms with Crippen molar-refractivity contribution >= 4 is 11.9 Å². The number of ether oxygens (including phenoxy) is 1. The molecule has 3 heteroatoms. The molecule has 2 aromatic rings. The third kappa shape index (κ3) is 3.28. The van der Waals surface area contributed by atoms with Crippen LogP contribution in [-0.2, 0) is 0 Å². The first-order chi connectivity index (χ1) is 9.20. The van der Waals surface area contributed by atoms with Crippen LogP contribution in [0.5, 0.6) is 5.75 Å². The molecule has 0 fully saturated rings. The average Bonchev–Trinajstić information content (AvgIpc) is 2.45. The lowest BCUT2D eigenvalue weighted by Gasteiger charge is -2.04. The molecule has 0 radical (unpaired) electrons. The third-order valence-corrected chi connectivity index (χ3v) is 2.65.